The molecule has 0 saturated heterocycles. The van der Waals surface area contributed by atoms with E-state index in [0.717, 1.165) is 0 Å². The lowest BCUT2D eigenvalue weighted by Crippen LogP contribution is -2.09. The van der Waals surface area contributed by atoms with E-state index in [1.54, 1.807) is 0 Å². The molecule has 25 heavy (non-hydrogen) atoms. The molecule has 0 saturated carbocycles. The summed E-state index contributed by atoms with van der Waals surface area (Å²) in [5, 5.41) is 2.43. The molecule has 132 valence electrons. The van der Waals surface area contributed by atoms with Gasteiger partial charge in [0.1, 0.15) is 5.82 Å². The summed E-state index contributed by atoms with van der Waals surface area (Å²) in [5.74, 6) is -1.18. The number of hydrogen-bond donors (Lipinski definition) is 1. The van der Waals surface area contributed by atoms with Crippen LogP contribution in [-0.4, -0.2) is 19.6 Å². The minimum absolute atomic E-state index is 0.0634. The highest BCUT2D eigenvalue weighted by Crippen LogP contribution is 2.31. The molecule has 0 unspecified atom stereocenters. The minimum Gasteiger partial charge on any atom is -0.493 e. The van der Waals surface area contributed by atoms with E-state index in [2.05, 4.69) is 10.1 Å². The summed E-state index contributed by atoms with van der Waals surface area (Å²) in [6.45, 7) is -3.03. The maximum Gasteiger partial charge on any atom is 0.387 e. The fourth-order valence-corrected chi connectivity index (χ4v) is 2.10. The molecule has 0 aliphatic rings. The number of carbonyl (C=O) groups is 1. The maximum atomic E-state index is 13.1. The third-order valence-corrected chi connectivity index (χ3v) is 3.31. The molecule has 0 aliphatic heterocycles. The Balaban J connectivity index is 2.09. The van der Waals surface area contributed by atoms with Gasteiger partial charge in [-0.3, -0.25) is 4.79 Å². The van der Waals surface area contributed by atoms with Gasteiger partial charge < -0.3 is 14.8 Å². The van der Waals surface area contributed by atoms with E-state index in [1.165, 1.54) is 55.7 Å². The molecule has 1 amide bonds. The highest BCUT2D eigenvalue weighted by Gasteiger charge is 2.12. The Morgan fingerprint density at radius 3 is 2.60 bits per heavy atom. The number of halogens is 4. The van der Waals surface area contributed by atoms with Gasteiger partial charge in [-0.25, -0.2) is 4.39 Å². The number of methoxy groups -OCH3 is 1. The summed E-state index contributed by atoms with van der Waals surface area (Å²) < 4.78 is 47.1. The van der Waals surface area contributed by atoms with Crippen molar-refractivity contribution in [2.24, 2.45) is 0 Å². The topological polar surface area (TPSA) is 47.6 Å². The minimum atomic E-state index is -3.03. The number of rotatable bonds is 6. The van der Waals surface area contributed by atoms with Crippen LogP contribution in [0.3, 0.4) is 0 Å². The monoisotopic (exact) mass is 371 g/mol. The summed E-state index contributed by atoms with van der Waals surface area (Å²) >= 11 is 5.65. The maximum absolute atomic E-state index is 13.1. The van der Waals surface area contributed by atoms with Crippen molar-refractivity contribution in [2.45, 2.75) is 6.61 Å². The van der Waals surface area contributed by atoms with Crippen LogP contribution in [0.1, 0.15) is 5.56 Å². The van der Waals surface area contributed by atoms with E-state index in [0.29, 0.717) is 5.56 Å². The highest BCUT2D eigenvalue weighted by molar-refractivity contribution is 6.30. The van der Waals surface area contributed by atoms with E-state index in [1.807, 2.05) is 0 Å². The molecule has 2 aromatic rings. The van der Waals surface area contributed by atoms with Crippen LogP contribution in [0.15, 0.2) is 42.5 Å². The van der Waals surface area contributed by atoms with Crippen LogP contribution in [0.2, 0.25) is 5.02 Å². The second-order valence-electron chi connectivity index (χ2n) is 4.74. The van der Waals surface area contributed by atoms with Crippen molar-refractivity contribution in [3.05, 3.63) is 58.9 Å². The number of benzene rings is 2. The Hall–Kier alpha value is -2.67. The van der Waals surface area contributed by atoms with E-state index >= 15 is 0 Å². The van der Waals surface area contributed by atoms with Gasteiger partial charge in [-0.1, -0.05) is 17.7 Å². The van der Waals surface area contributed by atoms with E-state index in [4.69, 9.17) is 16.3 Å². The van der Waals surface area contributed by atoms with Crippen molar-refractivity contribution in [2.75, 3.05) is 12.4 Å². The molecule has 0 aliphatic carbocycles. The molecule has 2 rings (SSSR count). The molecule has 8 heteroatoms. The fraction of sp³-hybridized carbons (Fsp3) is 0.118. The zero-order valence-corrected chi connectivity index (χ0v) is 13.7. The molecule has 0 atom stereocenters. The average molecular weight is 372 g/mol. The summed E-state index contributed by atoms with van der Waals surface area (Å²) in [5.41, 5.74) is 0.765. The number of carbonyl (C=O) groups excluding carboxylic acids is 1. The summed E-state index contributed by atoms with van der Waals surface area (Å²) in [4.78, 5) is 11.9. The van der Waals surface area contributed by atoms with Crippen molar-refractivity contribution in [1.29, 1.82) is 0 Å². The smallest absolute Gasteiger partial charge is 0.387 e. The Bertz CT molecular complexity index is 797. The van der Waals surface area contributed by atoms with E-state index in [-0.39, 0.29) is 22.2 Å². The molecule has 0 fully saturated rings. The van der Waals surface area contributed by atoms with Crippen molar-refractivity contribution < 1.29 is 27.4 Å². The van der Waals surface area contributed by atoms with Gasteiger partial charge in [-0.2, -0.15) is 8.78 Å². The second-order valence-corrected chi connectivity index (χ2v) is 5.15. The number of ether oxygens (including phenoxy) is 2. The average Bonchev–Trinajstić information content (AvgIpc) is 2.56. The van der Waals surface area contributed by atoms with Gasteiger partial charge >= 0.3 is 6.61 Å². The molecule has 0 bridgehead atoms. The van der Waals surface area contributed by atoms with Gasteiger partial charge in [-0.15, -0.1) is 0 Å². The fourth-order valence-electron chi connectivity index (χ4n) is 1.91. The molecule has 4 nitrogen and oxygen atoms in total. The predicted octanol–water partition coefficient (Wildman–Crippen LogP) is 4.74. The highest BCUT2D eigenvalue weighted by atomic mass is 35.5. The number of anilines is 1. The Morgan fingerprint density at radius 2 is 1.96 bits per heavy atom. The number of alkyl halides is 2. The third-order valence-electron chi connectivity index (χ3n) is 3.02. The van der Waals surface area contributed by atoms with Gasteiger partial charge in [0.15, 0.2) is 11.5 Å². The molecule has 0 radical (unpaired) electrons. The SMILES string of the molecule is COc1ccc(NC(=O)/C=C/c2ccc(F)c(Cl)c2)cc1OC(F)F. The van der Waals surface area contributed by atoms with Crippen molar-refractivity contribution in [3.8, 4) is 11.5 Å². The lowest BCUT2D eigenvalue weighted by atomic mass is 10.2. The lowest BCUT2D eigenvalue weighted by molar-refractivity contribution is -0.111. The summed E-state index contributed by atoms with van der Waals surface area (Å²) in [6.07, 6.45) is 2.63. The van der Waals surface area contributed by atoms with Crippen molar-refractivity contribution in [3.63, 3.8) is 0 Å². The Labute approximate surface area is 146 Å². The van der Waals surface area contributed by atoms with Gasteiger partial charge in [0.25, 0.3) is 0 Å². The van der Waals surface area contributed by atoms with Crippen LogP contribution < -0.4 is 14.8 Å². The predicted molar refractivity (Wildman–Crippen MR) is 88.7 cm³/mol. The molecule has 2 aromatic carbocycles. The van der Waals surface area contributed by atoms with Crippen LogP contribution >= 0.6 is 11.6 Å². The Kier molecular flexibility index (Phi) is 6.30. The first kappa shape index (κ1) is 18.7. The van der Waals surface area contributed by atoms with E-state index in [9.17, 15) is 18.0 Å². The summed E-state index contributed by atoms with van der Waals surface area (Å²) in [6, 6.07) is 8.06. The number of hydrogen-bond acceptors (Lipinski definition) is 3. The molecule has 1 N–H and O–H groups in total. The molecule has 0 heterocycles. The van der Waals surface area contributed by atoms with Gasteiger partial charge in [-0.05, 0) is 35.9 Å². The zero-order chi connectivity index (χ0) is 18.4. The van der Waals surface area contributed by atoms with Crippen LogP contribution in [0.4, 0.5) is 18.9 Å². The number of amides is 1. The van der Waals surface area contributed by atoms with Crippen molar-refractivity contribution in [1.82, 2.24) is 0 Å². The van der Waals surface area contributed by atoms with Crippen LogP contribution in [0.5, 0.6) is 11.5 Å². The van der Waals surface area contributed by atoms with Crippen LogP contribution in [0, 0.1) is 5.82 Å². The van der Waals surface area contributed by atoms with Gasteiger partial charge in [0, 0.05) is 17.8 Å². The third kappa shape index (κ3) is 5.42. The van der Waals surface area contributed by atoms with E-state index < -0.39 is 18.3 Å². The standard InChI is InChI=1S/C17H13ClF3NO3/c1-24-14-6-4-11(9-15(14)25-17(20)21)22-16(23)7-3-10-2-5-13(19)12(18)8-10/h2-9,17H,1H3,(H,22,23)/b7-3+. The van der Waals surface area contributed by atoms with Crippen molar-refractivity contribution >= 4 is 29.3 Å². The molecular weight excluding hydrogens is 359 g/mol. The zero-order valence-electron chi connectivity index (χ0n) is 12.9. The number of nitrogens with one attached hydrogen (secondary N) is 1. The first-order valence-corrected chi connectivity index (χ1v) is 7.34. The summed E-state index contributed by atoms with van der Waals surface area (Å²) in [7, 11) is 1.31. The van der Waals surface area contributed by atoms with Crippen LogP contribution in [-0.2, 0) is 4.79 Å². The normalized spacial score (nSPS) is 11.0. The molecular formula is C17H13ClF3NO3. The Morgan fingerprint density at radius 1 is 1.20 bits per heavy atom. The first-order chi connectivity index (χ1) is 11.9. The van der Waals surface area contributed by atoms with Gasteiger partial charge in [0.2, 0.25) is 5.91 Å². The lowest BCUT2D eigenvalue weighted by Gasteiger charge is -2.11. The first-order valence-electron chi connectivity index (χ1n) is 6.96. The quantitative estimate of drug-likeness (QED) is 0.746. The molecule has 0 aromatic heterocycles. The largest absolute Gasteiger partial charge is 0.493 e. The second kappa shape index (κ2) is 8.43. The van der Waals surface area contributed by atoms with Crippen LogP contribution in [0.25, 0.3) is 6.08 Å². The molecule has 0 spiro atoms. The van der Waals surface area contributed by atoms with Gasteiger partial charge in [0.05, 0.1) is 12.1 Å².